The third kappa shape index (κ3) is 3.43. The molecule has 0 aliphatic carbocycles. The van der Waals surface area contributed by atoms with E-state index in [-0.39, 0.29) is 0 Å². The average Bonchev–Trinajstić information content (AvgIpc) is 2.79. The van der Waals surface area contributed by atoms with Crippen molar-refractivity contribution in [1.29, 1.82) is 0 Å². The first kappa shape index (κ1) is 12.4. The Labute approximate surface area is 103 Å². The lowest BCUT2D eigenvalue weighted by Crippen LogP contribution is -2.25. The maximum Gasteiger partial charge on any atom is 0.122 e. The largest absolute Gasteiger partial charge is 0.382 e. The Bertz CT molecular complexity index is 365. The minimum atomic E-state index is -1.18. The molecule has 1 saturated heterocycles. The van der Waals surface area contributed by atoms with Gasteiger partial charge in [0.2, 0.25) is 0 Å². The van der Waals surface area contributed by atoms with Crippen LogP contribution in [0.1, 0.15) is 31.7 Å². The van der Waals surface area contributed by atoms with Crippen LogP contribution < -0.4 is 10.6 Å². The first-order valence-corrected chi connectivity index (χ1v) is 6.29. The molecule has 1 unspecified atom stereocenters. The fraction of sp³-hybridized carbons (Fsp3) is 0.571. The van der Waals surface area contributed by atoms with Crippen molar-refractivity contribution in [3.05, 3.63) is 29.8 Å². The molecule has 0 radical (unpaired) electrons. The smallest absolute Gasteiger partial charge is 0.122 e. The molecule has 3 heteroatoms. The molecule has 0 saturated carbocycles. The Balaban J connectivity index is 2.10. The maximum absolute atomic E-state index is 13.5. The van der Waals surface area contributed by atoms with Crippen molar-refractivity contribution < 1.29 is 4.39 Å². The minimum Gasteiger partial charge on any atom is -0.382 e. The van der Waals surface area contributed by atoms with E-state index in [1.165, 1.54) is 5.56 Å². The molecule has 1 aliphatic heterocycles. The molecule has 0 bridgehead atoms. The van der Waals surface area contributed by atoms with E-state index in [0.29, 0.717) is 12.5 Å². The molecule has 0 aromatic heterocycles. The molecule has 2 N–H and O–H groups in total. The highest BCUT2D eigenvalue weighted by Crippen LogP contribution is 2.29. The van der Waals surface area contributed by atoms with Gasteiger partial charge in [-0.1, -0.05) is 18.2 Å². The molecule has 2 nitrogen and oxygen atoms in total. The second-order valence-electron chi connectivity index (χ2n) is 5.35. The average molecular weight is 236 g/mol. The molecule has 17 heavy (non-hydrogen) atoms. The van der Waals surface area contributed by atoms with Gasteiger partial charge in [0, 0.05) is 18.8 Å². The van der Waals surface area contributed by atoms with Gasteiger partial charge in [0.1, 0.15) is 5.67 Å². The van der Waals surface area contributed by atoms with Gasteiger partial charge < -0.3 is 10.6 Å². The van der Waals surface area contributed by atoms with Gasteiger partial charge in [-0.2, -0.15) is 0 Å². The predicted octanol–water partition coefficient (Wildman–Crippen LogP) is 2.92. The van der Waals surface area contributed by atoms with Crippen LogP contribution >= 0.6 is 0 Å². The van der Waals surface area contributed by atoms with Crippen LogP contribution in [-0.2, 0) is 0 Å². The zero-order chi connectivity index (χ0) is 12.3. The number of benzene rings is 1. The standard InChI is InChI=1S/C14H21FN2/c1-14(2,15)10-17-13-6-4-3-5-12(13)11-7-8-16-9-11/h3-6,11,16-17H,7-10H2,1-2H3. The summed E-state index contributed by atoms with van der Waals surface area (Å²) in [6, 6.07) is 8.24. The fourth-order valence-corrected chi connectivity index (χ4v) is 2.24. The zero-order valence-corrected chi connectivity index (χ0v) is 10.6. The van der Waals surface area contributed by atoms with Crippen molar-refractivity contribution in [3.63, 3.8) is 0 Å². The molecule has 0 spiro atoms. The first-order valence-electron chi connectivity index (χ1n) is 6.29. The summed E-state index contributed by atoms with van der Waals surface area (Å²) in [5.74, 6) is 0.557. The topological polar surface area (TPSA) is 24.1 Å². The Morgan fingerprint density at radius 3 is 2.82 bits per heavy atom. The van der Waals surface area contributed by atoms with Crippen LogP contribution in [0, 0.1) is 0 Å². The summed E-state index contributed by atoms with van der Waals surface area (Å²) in [6.07, 6.45) is 1.16. The summed E-state index contributed by atoms with van der Waals surface area (Å²) >= 11 is 0. The molecule has 94 valence electrons. The van der Waals surface area contributed by atoms with Crippen molar-refractivity contribution in [3.8, 4) is 0 Å². The number of hydrogen-bond acceptors (Lipinski definition) is 2. The zero-order valence-electron chi connectivity index (χ0n) is 10.6. The Morgan fingerprint density at radius 1 is 1.41 bits per heavy atom. The number of anilines is 1. The van der Waals surface area contributed by atoms with Crippen LogP contribution in [0.3, 0.4) is 0 Å². The molecule has 1 aromatic carbocycles. The second-order valence-corrected chi connectivity index (χ2v) is 5.35. The summed E-state index contributed by atoms with van der Waals surface area (Å²) in [4.78, 5) is 0. The van der Waals surface area contributed by atoms with Gasteiger partial charge in [-0.25, -0.2) is 4.39 Å². The van der Waals surface area contributed by atoms with E-state index >= 15 is 0 Å². The number of hydrogen-bond donors (Lipinski definition) is 2. The maximum atomic E-state index is 13.5. The van der Waals surface area contributed by atoms with Crippen molar-refractivity contribution in [2.45, 2.75) is 31.9 Å². The molecule has 0 amide bonds. The summed E-state index contributed by atoms with van der Waals surface area (Å²) in [5, 5.41) is 6.60. The number of nitrogens with one attached hydrogen (secondary N) is 2. The first-order chi connectivity index (χ1) is 8.06. The SMILES string of the molecule is CC(C)(F)CNc1ccccc1C1CCNC1. The van der Waals surface area contributed by atoms with Crippen molar-refractivity contribution in [1.82, 2.24) is 5.32 Å². The lowest BCUT2D eigenvalue weighted by Gasteiger charge is -2.20. The fourth-order valence-electron chi connectivity index (χ4n) is 2.24. The van der Waals surface area contributed by atoms with E-state index in [1.54, 1.807) is 13.8 Å². The number of para-hydroxylation sites is 1. The lowest BCUT2D eigenvalue weighted by molar-refractivity contribution is 0.235. The van der Waals surface area contributed by atoms with Gasteiger partial charge in [0.15, 0.2) is 0 Å². The van der Waals surface area contributed by atoms with Gasteiger partial charge in [-0.05, 0) is 44.4 Å². The van der Waals surface area contributed by atoms with Crippen molar-refractivity contribution >= 4 is 5.69 Å². The summed E-state index contributed by atoms with van der Waals surface area (Å²) in [6.45, 7) is 5.65. The molecular formula is C14H21FN2. The van der Waals surface area contributed by atoms with Crippen LogP contribution in [-0.4, -0.2) is 25.3 Å². The number of alkyl halides is 1. The third-order valence-electron chi connectivity index (χ3n) is 3.16. The van der Waals surface area contributed by atoms with E-state index in [2.05, 4.69) is 22.8 Å². The van der Waals surface area contributed by atoms with E-state index < -0.39 is 5.67 Å². The van der Waals surface area contributed by atoms with Crippen LogP contribution in [0.25, 0.3) is 0 Å². The highest BCUT2D eigenvalue weighted by Gasteiger charge is 2.20. The molecule has 1 atom stereocenters. The van der Waals surface area contributed by atoms with E-state index in [4.69, 9.17) is 0 Å². The monoisotopic (exact) mass is 236 g/mol. The minimum absolute atomic E-state index is 0.351. The van der Waals surface area contributed by atoms with E-state index in [0.717, 1.165) is 25.2 Å². The van der Waals surface area contributed by atoms with Gasteiger partial charge in [0.25, 0.3) is 0 Å². The van der Waals surface area contributed by atoms with Crippen LogP contribution in [0.5, 0.6) is 0 Å². The third-order valence-corrected chi connectivity index (χ3v) is 3.16. The number of halogens is 1. The molecule has 1 aromatic rings. The van der Waals surface area contributed by atoms with E-state index in [9.17, 15) is 4.39 Å². The normalized spacial score (nSPS) is 20.5. The summed E-state index contributed by atoms with van der Waals surface area (Å²) in [7, 11) is 0. The highest BCUT2D eigenvalue weighted by atomic mass is 19.1. The molecule has 1 aliphatic rings. The summed E-state index contributed by atoms with van der Waals surface area (Å²) in [5.41, 5.74) is 1.20. The highest BCUT2D eigenvalue weighted by molar-refractivity contribution is 5.53. The van der Waals surface area contributed by atoms with Gasteiger partial charge >= 0.3 is 0 Å². The Kier molecular flexibility index (Phi) is 3.67. The van der Waals surface area contributed by atoms with Crippen LogP contribution in [0.15, 0.2) is 24.3 Å². The quantitative estimate of drug-likeness (QED) is 0.840. The van der Waals surface area contributed by atoms with Crippen molar-refractivity contribution in [2.24, 2.45) is 0 Å². The van der Waals surface area contributed by atoms with Crippen LogP contribution in [0.2, 0.25) is 0 Å². The Hall–Kier alpha value is -1.09. The Morgan fingerprint density at radius 2 is 2.18 bits per heavy atom. The van der Waals surface area contributed by atoms with Gasteiger partial charge in [0.05, 0.1) is 0 Å². The predicted molar refractivity (Wildman–Crippen MR) is 70.3 cm³/mol. The van der Waals surface area contributed by atoms with Gasteiger partial charge in [-0.3, -0.25) is 0 Å². The van der Waals surface area contributed by atoms with Crippen LogP contribution in [0.4, 0.5) is 10.1 Å². The molecular weight excluding hydrogens is 215 g/mol. The van der Waals surface area contributed by atoms with E-state index in [1.807, 2.05) is 12.1 Å². The van der Waals surface area contributed by atoms with Gasteiger partial charge in [-0.15, -0.1) is 0 Å². The molecule has 2 rings (SSSR count). The van der Waals surface area contributed by atoms with Crippen molar-refractivity contribution in [2.75, 3.05) is 25.0 Å². The second kappa shape index (κ2) is 5.05. The molecule has 1 heterocycles. The lowest BCUT2D eigenvalue weighted by atomic mass is 9.96. The summed E-state index contributed by atoms with van der Waals surface area (Å²) < 4.78 is 13.5. The number of rotatable bonds is 4. The molecule has 1 fully saturated rings.